The number of rotatable bonds is 9. The molecule has 0 radical (unpaired) electrons. The van der Waals surface area contributed by atoms with Crippen LogP contribution in [0.3, 0.4) is 0 Å². The molecule has 1 aliphatic carbocycles. The normalized spacial score (nSPS) is 19.5. The third-order valence-corrected chi connectivity index (χ3v) is 7.66. The number of hydrogen-bond acceptors (Lipinski definition) is 7. The molecule has 1 aromatic carbocycles. The number of amides is 1. The molecule has 2 saturated heterocycles. The Morgan fingerprint density at radius 2 is 1.66 bits per heavy atom. The summed E-state index contributed by atoms with van der Waals surface area (Å²) in [6.45, 7) is 3.18. The number of aromatic nitrogens is 2. The summed E-state index contributed by atoms with van der Waals surface area (Å²) in [4.78, 5) is 23.3. The third kappa shape index (κ3) is 6.32. The van der Waals surface area contributed by atoms with E-state index in [9.17, 15) is 9.18 Å². The number of benzene rings is 1. The van der Waals surface area contributed by atoms with Gasteiger partial charge in [-0.3, -0.25) is 0 Å². The average Bonchev–Trinajstić information content (AvgIpc) is 3.76. The second kappa shape index (κ2) is 11.8. The zero-order valence-electron chi connectivity index (χ0n) is 21.6. The molecule has 0 spiro atoms. The molecule has 0 atom stereocenters. The van der Waals surface area contributed by atoms with E-state index >= 15 is 4.39 Å². The monoisotopic (exact) mass is 532 g/mol. The van der Waals surface area contributed by atoms with Crippen molar-refractivity contribution in [3.63, 3.8) is 0 Å². The first-order chi connectivity index (χ1) is 18.4. The first-order valence-electron chi connectivity index (χ1n) is 13.3. The van der Waals surface area contributed by atoms with Crippen LogP contribution in [0.2, 0.25) is 0 Å². The molecule has 3 fully saturated rings. The van der Waals surface area contributed by atoms with E-state index in [0.29, 0.717) is 55.9 Å². The fourth-order valence-corrected chi connectivity index (χ4v) is 5.17. The number of carbonyl (C=O) groups is 1. The number of carboxylic acid groups (broad SMARTS) is 1. The smallest absolute Gasteiger partial charge is 0.407 e. The van der Waals surface area contributed by atoms with Crippen molar-refractivity contribution >= 4 is 6.09 Å². The highest BCUT2D eigenvalue weighted by molar-refractivity contribution is 5.65. The average molecular weight is 533 g/mol. The Balaban J connectivity index is 1.25. The zero-order valence-corrected chi connectivity index (χ0v) is 21.6. The Labute approximate surface area is 220 Å². The lowest BCUT2D eigenvalue weighted by Crippen LogP contribution is -2.41. The molecule has 3 heterocycles. The van der Waals surface area contributed by atoms with Crippen molar-refractivity contribution in [1.29, 1.82) is 0 Å². The highest BCUT2D eigenvalue weighted by atomic mass is 19.1. The van der Waals surface area contributed by atoms with Gasteiger partial charge in [-0.2, -0.15) is 0 Å². The molecule has 3 aliphatic rings. The summed E-state index contributed by atoms with van der Waals surface area (Å²) in [5.74, 6) is -0.753. The van der Waals surface area contributed by atoms with Crippen molar-refractivity contribution in [2.45, 2.75) is 63.1 Å². The van der Waals surface area contributed by atoms with Crippen molar-refractivity contribution in [1.82, 2.24) is 19.8 Å². The molecule has 2 aliphatic heterocycles. The maximum Gasteiger partial charge on any atom is 0.407 e. The van der Waals surface area contributed by atoms with Crippen LogP contribution in [0.4, 0.5) is 13.6 Å². The molecule has 5 rings (SSSR count). The van der Waals surface area contributed by atoms with Gasteiger partial charge in [-0.05, 0) is 49.7 Å². The Morgan fingerprint density at radius 1 is 0.974 bits per heavy atom. The molecule has 2 aromatic rings. The van der Waals surface area contributed by atoms with Crippen molar-refractivity contribution in [2.75, 3.05) is 39.8 Å². The van der Waals surface area contributed by atoms with Gasteiger partial charge in [-0.1, -0.05) is 0 Å². The van der Waals surface area contributed by atoms with Gasteiger partial charge in [0.15, 0.2) is 11.6 Å². The van der Waals surface area contributed by atoms with Gasteiger partial charge in [0.05, 0.1) is 11.7 Å². The van der Waals surface area contributed by atoms with Gasteiger partial charge in [0, 0.05) is 58.7 Å². The van der Waals surface area contributed by atoms with Gasteiger partial charge < -0.3 is 29.1 Å². The van der Waals surface area contributed by atoms with Gasteiger partial charge in [0.2, 0.25) is 11.8 Å². The standard InChI is InChI=1S/C27H34F2N4O5/c1-36-19-5-10-32(11-6-19)9-4-18-14-22(29)23(15-21(18)28)38-26-24(17-2-3-17)25(30-16-31-26)37-20-7-12-33(13-8-20)27(34)35/h14-17,19-20H,2-13H2,1H3,(H,34,35). The topological polar surface area (TPSA) is 97.3 Å². The lowest BCUT2D eigenvalue weighted by atomic mass is 10.1. The highest BCUT2D eigenvalue weighted by Crippen LogP contribution is 2.48. The summed E-state index contributed by atoms with van der Waals surface area (Å²) >= 11 is 0. The molecule has 1 saturated carbocycles. The number of likely N-dealkylation sites (tertiary alicyclic amines) is 2. The van der Waals surface area contributed by atoms with E-state index in [1.54, 1.807) is 7.11 Å². The quantitative estimate of drug-likeness (QED) is 0.501. The van der Waals surface area contributed by atoms with E-state index < -0.39 is 17.7 Å². The van der Waals surface area contributed by atoms with Crippen LogP contribution in [-0.4, -0.2) is 83.0 Å². The van der Waals surface area contributed by atoms with E-state index in [0.717, 1.165) is 44.8 Å². The lowest BCUT2D eigenvalue weighted by Gasteiger charge is -2.31. The maximum atomic E-state index is 15.1. The van der Waals surface area contributed by atoms with Crippen LogP contribution in [0.15, 0.2) is 18.5 Å². The second-order valence-electron chi connectivity index (χ2n) is 10.3. The first-order valence-corrected chi connectivity index (χ1v) is 13.3. The molecule has 0 bridgehead atoms. The van der Waals surface area contributed by atoms with Crippen LogP contribution in [0, 0.1) is 11.6 Å². The van der Waals surface area contributed by atoms with Crippen LogP contribution >= 0.6 is 0 Å². The van der Waals surface area contributed by atoms with E-state index in [1.165, 1.54) is 17.3 Å². The molecule has 206 valence electrons. The predicted octanol–water partition coefficient (Wildman–Crippen LogP) is 4.60. The van der Waals surface area contributed by atoms with Crippen LogP contribution in [0.5, 0.6) is 17.5 Å². The minimum atomic E-state index is -0.938. The van der Waals surface area contributed by atoms with E-state index in [4.69, 9.17) is 19.3 Å². The van der Waals surface area contributed by atoms with E-state index in [-0.39, 0.29) is 29.8 Å². The minimum absolute atomic E-state index is 0.120. The van der Waals surface area contributed by atoms with Crippen LogP contribution in [0.25, 0.3) is 0 Å². The van der Waals surface area contributed by atoms with Crippen molar-refractivity contribution in [3.05, 3.63) is 41.2 Å². The fraction of sp³-hybridized carbons (Fsp3) is 0.593. The van der Waals surface area contributed by atoms with Crippen molar-refractivity contribution in [2.24, 2.45) is 0 Å². The highest BCUT2D eigenvalue weighted by Gasteiger charge is 2.34. The van der Waals surface area contributed by atoms with Crippen LogP contribution < -0.4 is 9.47 Å². The summed E-state index contributed by atoms with van der Waals surface area (Å²) in [5, 5.41) is 9.17. The predicted molar refractivity (Wildman–Crippen MR) is 134 cm³/mol. The number of piperidine rings is 2. The molecule has 0 unspecified atom stereocenters. The summed E-state index contributed by atoms with van der Waals surface area (Å²) in [7, 11) is 1.72. The second-order valence-corrected chi connectivity index (χ2v) is 10.3. The maximum absolute atomic E-state index is 15.1. The molecule has 9 nitrogen and oxygen atoms in total. The Hall–Kier alpha value is -3.05. The van der Waals surface area contributed by atoms with Gasteiger partial charge in [0.25, 0.3) is 0 Å². The van der Waals surface area contributed by atoms with Gasteiger partial charge >= 0.3 is 6.09 Å². The molecule has 1 N–H and O–H groups in total. The Bertz CT molecular complexity index is 1130. The Morgan fingerprint density at radius 3 is 2.32 bits per heavy atom. The number of halogens is 2. The molecule has 1 amide bonds. The van der Waals surface area contributed by atoms with E-state index in [1.807, 2.05) is 0 Å². The summed E-state index contributed by atoms with van der Waals surface area (Å²) in [6.07, 6.45) is 5.60. The van der Waals surface area contributed by atoms with Crippen molar-refractivity contribution in [3.8, 4) is 17.5 Å². The number of methoxy groups -OCH3 is 1. The summed E-state index contributed by atoms with van der Waals surface area (Å²) < 4.78 is 47.4. The Kier molecular flexibility index (Phi) is 8.23. The van der Waals surface area contributed by atoms with Gasteiger partial charge in [0.1, 0.15) is 18.2 Å². The number of hydrogen-bond donors (Lipinski definition) is 1. The van der Waals surface area contributed by atoms with Crippen LogP contribution in [-0.2, 0) is 11.2 Å². The third-order valence-electron chi connectivity index (χ3n) is 7.66. The first kappa shape index (κ1) is 26.6. The van der Waals surface area contributed by atoms with Gasteiger partial charge in [-0.25, -0.2) is 23.5 Å². The number of nitrogens with zero attached hydrogens (tertiary/aromatic N) is 4. The molecule has 11 heteroatoms. The zero-order chi connectivity index (χ0) is 26.6. The van der Waals surface area contributed by atoms with Gasteiger partial charge in [-0.15, -0.1) is 0 Å². The van der Waals surface area contributed by atoms with Crippen LogP contribution in [0.1, 0.15) is 55.6 Å². The molecular weight excluding hydrogens is 498 g/mol. The molecule has 1 aromatic heterocycles. The lowest BCUT2D eigenvalue weighted by molar-refractivity contribution is 0.0414. The summed E-state index contributed by atoms with van der Waals surface area (Å²) in [5.41, 5.74) is 0.960. The number of ether oxygens (including phenoxy) is 3. The minimum Gasteiger partial charge on any atom is -0.474 e. The van der Waals surface area contributed by atoms with E-state index in [2.05, 4.69) is 14.9 Å². The van der Waals surface area contributed by atoms with Crippen molar-refractivity contribution < 1.29 is 32.9 Å². The fourth-order valence-electron chi connectivity index (χ4n) is 5.17. The SMILES string of the molecule is COC1CCN(CCc2cc(F)c(Oc3ncnc(OC4CCN(C(=O)O)CC4)c3C3CC3)cc2F)CC1. The largest absolute Gasteiger partial charge is 0.474 e. The molecular formula is C27H34F2N4O5. The summed E-state index contributed by atoms with van der Waals surface area (Å²) in [6, 6.07) is 2.29. The molecule has 38 heavy (non-hydrogen) atoms.